The molecule has 1 unspecified atom stereocenters. The highest BCUT2D eigenvalue weighted by atomic mass is 16.5. The van der Waals surface area contributed by atoms with Crippen LogP contribution in [-0.4, -0.2) is 36.0 Å². The molecule has 0 bridgehead atoms. The van der Waals surface area contributed by atoms with E-state index in [2.05, 4.69) is 16.8 Å². The minimum Gasteiger partial charge on any atom is -0.492 e. The SMILES string of the molecule is OCC#Cc1cncc(OCCC2CCCO2)c1. The monoisotopic (exact) mass is 247 g/mol. The maximum absolute atomic E-state index is 8.62. The standard InChI is InChI=1S/C14H17NO3/c16-6-1-3-12-9-14(11-15-10-12)18-8-5-13-4-2-7-17-13/h9-11,13,16H,2,4-8H2. The van der Waals surface area contributed by atoms with Gasteiger partial charge in [0, 0.05) is 24.8 Å². The second-order valence-electron chi connectivity index (χ2n) is 4.14. The molecule has 18 heavy (non-hydrogen) atoms. The molecule has 1 aromatic rings. The molecule has 0 spiro atoms. The Bertz CT molecular complexity index is 430. The third-order valence-electron chi connectivity index (χ3n) is 2.76. The minimum absolute atomic E-state index is 0.149. The van der Waals surface area contributed by atoms with E-state index in [1.54, 1.807) is 12.4 Å². The van der Waals surface area contributed by atoms with E-state index in [-0.39, 0.29) is 6.61 Å². The molecule has 1 saturated heterocycles. The van der Waals surface area contributed by atoms with Gasteiger partial charge in [0.15, 0.2) is 0 Å². The minimum atomic E-state index is -0.149. The van der Waals surface area contributed by atoms with Crippen molar-refractivity contribution in [2.45, 2.75) is 25.4 Å². The van der Waals surface area contributed by atoms with Gasteiger partial charge in [0.25, 0.3) is 0 Å². The van der Waals surface area contributed by atoms with Crippen LogP contribution < -0.4 is 4.74 Å². The van der Waals surface area contributed by atoms with E-state index in [1.807, 2.05) is 6.07 Å². The fourth-order valence-electron chi connectivity index (χ4n) is 1.89. The number of ether oxygens (including phenoxy) is 2. The number of nitrogens with zero attached hydrogens (tertiary/aromatic N) is 1. The topological polar surface area (TPSA) is 51.6 Å². The molecule has 2 rings (SSSR count). The van der Waals surface area contributed by atoms with Crippen LogP contribution in [0.2, 0.25) is 0 Å². The average molecular weight is 247 g/mol. The summed E-state index contributed by atoms with van der Waals surface area (Å²) in [7, 11) is 0. The van der Waals surface area contributed by atoms with Crippen LogP contribution in [0.25, 0.3) is 0 Å². The molecule has 0 radical (unpaired) electrons. The van der Waals surface area contributed by atoms with Crippen molar-refractivity contribution in [3.63, 3.8) is 0 Å². The fourth-order valence-corrected chi connectivity index (χ4v) is 1.89. The van der Waals surface area contributed by atoms with E-state index in [9.17, 15) is 0 Å². The van der Waals surface area contributed by atoms with Gasteiger partial charge in [-0.1, -0.05) is 11.8 Å². The van der Waals surface area contributed by atoms with Gasteiger partial charge in [-0.25, -0.2) is 0 Å². The molecule has 1 aliphatic rings. The molecule has 1 fully saturated rings. The van der Waals surface area contributed by atoms with E-state index in [0.29, 0.717) is 18.5 Å². The van der Waals surface area contributed by atoms with Gasteiger partial charge in [-0.3, -0.25) is 4.98 Å². The van der Waals surface area contributed by atoms with Crippen molar-refractivity contribution >= 4 is 0 Å². The van der Waals surface area contributed by atoms with Gasteiger partial charge in [-0.15, -0.1) is 0 Å². The number of hydrogen-bond acceptors (Lipinski definition) is 4. The molecule has 2 heterocycles. The van der Waals surface area contributed by atoms with Crippen LogP contribution in [0.5, 0.6) is 5.75 Å². The maximum atomic E-state index is 8.62. The molecule has 0 saturated carbocycles. The van der Waals surface area contributed by atoms with Crippen LogP contribution in [0.15, 0.2) is 18.5 Å². The zero-order valence-electron chi connectivity index (χ0n) is 10.3. The Morgan fingerprint density at radius 3 is 3.22 bits per heavy atom. The summed E-state index contributed by atoms with van der Waals surface area (Å²) in [5.41, 5.74) is 0.749. The number of aromatic nitrogens is 1. The summed E-state index contributed by atoms with van der Waals surface area (Å²) in [6.07, 6.45) is 6.85. The Morgan fingerprint density at radius 2 is 2.44 bits per heavy atom. The van der Waals surface area contributed by atoms with Crippen molar-refractivity contribution < 1.29 is 14.6 Å². The molecular formula is C14H17NO3. The molecule has 0 aromatic carbocycles. The van der Waals surface area contributed by atoms with Gasteiger partial charge in [-0.2, -0.15) is 0 Å². The number of pyridine rings is 1. The van der Waals surface area contributed by atoms with Crippen molar-refractivity contribution in [1.82, 2.24) is 4.98 Å². The lowest BCUT2D eigenvalue weighted by Crippen LogP contribution is -2.10. The Kier molecular flexibility index (Phi) is 5.00. The highest BCUT2D eigenvalue weighted by Crippen LogP contribution is 2.16. The quantitative estimate of drug-likeness (QED) is 0.817. The Hall–Kier alpha value is -1.57. The first-order valence-corrected chi connectivity index (χ1v) is 6.17. The maximum Gasteiger partial charge on any atom is 0.138 e. The number of rotatable bonds is 4. The average Bonchev–Trinajstić information content (AvgIpc) is 2.90. The Morgan fingerprint density at radius 1 is 1.50 bits per heavy atom. The van der Waals surface area contributed by atoms with E-state index >= 15 is 0 Å². The summed E-state index contributed by atoms with van der Waals surface area (Å²) in [5.74, 6) is 6.09. The second kappa shape index (κ2) is 7.00. The van der Waals surface area contributed by atoms with Crippen molar-refractivity contribution in [2.75, 3.05) is 19.8 Å². The predicted molar refractivity (Wildman–Crippen MR) is 67.3 cm³/mol. The predicted octanol–water partition coefficient (Wildman–Crippen LogP) is 1.37. The molecule has 0 amide bonds. The number of aliphatic hydroxyl groups excluding tert-OH is 1. The first kappa shape index (κ1) is 12.9. The zero-order chi connectivity index (χ0) is 12.6. The van der Waals surface area contributed by atoms with Gasteiger partial charge >= 0.3 is 0 Å². The smallest absolute Gasteiger partial charge is 0.138 e. The first-order chi connectivity index (χ1) is 8.88. The third-order valence-corrected chi connectivity index (χ3v) is 2.76. The molecular weight excluding hydrogens is 230 g/mol. The highest BCUT2D eigenvalue weighted by molar-refractivity contribution is 5.36. The summed E-state index contributed by atoms with van der Waals surface area (Å²) in [6.45, 7) is 1.35. The first-order valence-electron chi connectivity index (χ1n) is 6.17. The molecule has 1 aliphatic heterocycles. The van der Waals surface area contributed by atoms with Crippen molar-refractivity contribution in [1.29, 1.82) is 0 Å². The summed E-state index contributed by atoms with van der Waals surface area (Å²) < 4.78 is 11.1. The largest absolute Gasteiger partial charge is 0.492 e. The molecule has 1 aromatic heterocycles. The van der Waals surface area contributed by atoms with E-state index in [4.69, 9.17) is 14.6 Å². The molecule has 0 aliphatic carbocycles. The van der Waals surface area contributed by atoms with Gasteiger partial charge in [0.2, 0.25) is 0 Å². The third kappa shape index (κ3) is 4.02. The van der Waals surface area contributed by atoms with Crippen LogP contribution in [-0.2, 0) is 4.74 Å². The number of hydrogen-bond donors (Lipinski definition) is 1. The van der Waals surface area contributed by atoms with Gasteiger partial charge in [0.1, 0.15) is 12.4 Å². The molecule has 1 N–H and O–H groups in total. The van der Waals surface area contributed by atoms with Gasteiger partial charge in [0.05, 0.1) is 18.9 Å². The lowest BCUT2D eigenvalue weighted by atomic mass is 10.2. The second-order valence-corrected chi connectivity index (χ2v) is 4.14. The molecule has 4 heteroatoms. The normalized spacial score (nSPS) is 18.2. The molecule has 96 valence electrons. The van der Waals surface area contributed by atoms with E-state index < -0.39 is 0 Å². The van der Waals surface area contributed by atoms with Crippen molar-refractivity contribution in [3.8, 4) is 17.6 Å². The number of aliphatic hydroxyl groups is 1. The van der Waals surface area contributed by atoms with Crippen molar-refractivity contribution in [3.05, 3.63) is 24.0 Å². The van der Waals surface area contributed by atoms with Crippen LogP contribution in [0.4, 0.5) is 0 Å². The summed E-state index contributed by atoms with van der Waals surface area (Å²) in [5, 5.41) is 8.62. The molecule has 4 nitrogen and oxygen atoms in total. The van der Waals surface area contributed by atoms with Crippen LogP contribution in [0.1, 0.15) is 24.8 Å². The van der Waals surface area contributed by atoms with Crippen LogP contribution in [0.3, 0.4) is 0 Å². The van der Waals surface area contributed by atoms with Crippen LogP contribution in [0, 0.1) is 11.8 Å². The van der Waals surface area contributed by atoms with Crippen molar-refractivity contribution in [2.24, 2.45) is 0 Å². The zero-order valence-corrected chi connectivity index (χ0v) is 10.3. The lowest BCUT2D eigenvalue weighted by Gasteiger charge is -2.10. The highest BCUT2D eigenvalue weighted by Gasteiger charge is 2.14. The van der Waals surface area contributed by atoms with Gasteiger partial charge < -0.3 is 14.6 Å². The van der Waals surface area contributed by atoms with Gasteiger partial charge in [-0.05, 0) is 18.9 Å². The summed E-state index contributed by atoms with van der Waals surface area (Å²) >= 11 is 0. The van der Waals surface area contributed by atoms with Crippen LogP contribution >= 0.6 is 0 Å². The van der Waals surface area contributed by atoms with E-state index in [0.717, 1.165) is 31.4 Å². The van der Waals surface area contributed by atoms with E-state index in [1.165, 1.54) is 0 Å². The molecule has 1 atom stereocenters. The summed E-state index contributed by atoms with van der Waals surface area (Å²) in [4.78, 5) is 4.05. The Balaban J connectivity index is 1.81. The Labute approximate surface area is 107 Å². The fraction of sp³-hybridized carbons (Fsp3) is 0.500. The summed E-state index contributed by atoms with van der Waals surface area (Å²) in [6, 6.07) is 1.82. The lowest BCUT2D eigenvalue weighted by molar-refractivity contribution is 0.0903.